The van der Waals surface area contributed by atoms with Crippen LogP contribution in [0.4, 0.5) is 5.69 Å². The molecule has 0 saturated carbocycles. The predicted octanol–water partition coefficient (Wildman–Crippen LogP) is 10.8. The zero-order valence-corrected chi connectivity index (χ0v) is 23.5. The molecule has 2 heterocycles. The van der Waals surface area contributed by atoms with Crippen LogP contribution in [0, 0.1) is 0 Å². The van der Waals surface area contributed by atoms with Crippen LogP contribution in [0.3, 0.4) is 0 Å². The Morgan fingerprint density at radius 1 is 0.467 bits per heavy atom. The van der Waals surface area contributed by atoms with Crippen molar-refractivity contribution < 1.29 is 19.2 Å². The van der Waals surface area contributed by atoms with Crippen LogP contribution in [0.5, 0.6) is 0 Å². The summed E-state index contributed by atoms with van der Waals surface area (Å²) in [6, 6.07) is 15.6. The summed E-state index contributed by atoms with van der Waals surface area (Å²) in [7, 11) is 0. The van der Waals surface area contributed by atoms with Crippen molar-refractivity contribution in [2.45, 2.75) is 0 Å². The summed E-state index contributed by atoms with van der Waals surface area (Å²) >= 11 is 0. The topological polar surface area (TPSA) is 35.9 Å². The van der Waals surface area contributed by atoms with Crippen LogP contribution in [0.1, 0.15) is 19.2 Å². The standard InChI is InChI=1S/C42H29N3/c43-30-26-34(28-14-3-1-4-15-28)42(35(27-30)29-16-5-2-6-17-29)45-38-23-12-9-20-33(38)41-39(24-13-25-40(41)45)44-36-21-10-7-18-31(36)32-19-8-11-22-37(32)44/h1-27H,43H2/i1D,2D,3D,4D,5D,6D,7D,10D,14D,15D,16D,17D,18D,21D. The molecule has 0 bridgehead atoms. The lowest BCUT2D eigenvalue weighted by atomic mass is 9.94. The fourth-order valence-corrected chi connectivity index (χ4v) is 6.40. The highest BCUT2D eigenvalue weighted by atomic mass is 15.0. The number of rotatable bonds is 4. The van der Waals surface area contributed by atoms with Crippen molar-refractivity contribution in [1.82, 2.24) is 9.13 Å². The number of para-hydroxylation sites is 3. The minimum absolute atomic E-state index is 0.0262. The van der Waals surface area contributed by atoms with Crippen molar-refractivity contribution in [1.29, 1.82) is 0 Å². The Kier molecular flexibility index (Phi) is 3.36. The third-order valence-electron chi connectivity index (χ3n) is 8.12. The highest BCUT2D eigenvalue weighted by Crippen LogP contribution is 2.44. The molecule has 0 saturated heterocycles. The zero-order valence-electron chi connectivity index (χ0n) is 37.5. The van der Waals surface area contributed by atoms with E-state index in [0.29, 0.717) is 43.8 Å². The number of aromatic nitrogens is 2. The van der Waals surface area contributed by atoms with Gasteiger partial charge in [0.25, 0.3) is 0 Å². The molecular weight excluding hydrogens is 546 g/mol. The Balaban J connectivity index is 1.53. The Morgan fingerprint density at radius 2 is 1.02 bits per heavy atom. The number of nitrogens with zero attached hydrogens (tertiary/aromatic N) is 2. The van der Waals surface area contributed by atoms with E-state index in [1.54, 1.807) is 45.5 Å². The summed E-state index contributed by atoms with van der Waals surface area (Å²) in [6.07, 6.45) is 0. The van der Waals surface area contributed by atoms with Gasteiger partial charge in [0.05, 0.1) is 52.6 Å². The SMILES string of the molecule is [2H]c1c([2H])c([2H])c(-c2cc(N)cc(-c3c([2H])c([2H])c([2H])c([2H])c3[2H])c2-n2c3ccccc3c3c(-n4c5ccccc5c5c([2H])c([2H])c([2H])c([2H])c54)cccc32)c([2H])c1[2H]. The molecule has 3 nitrogen and oxygen atoms in total. The molecule has 0 radical (unpaired) electrons. The van der Waals surface area contributed by atoms with Gasteiger partial charge in [0.15, 0.2) is 0 Å². The van der Waals surface area contributed by atoms with E-state index in [-0.39, 0.29) is 57.3 Å². The highest BCUT2D eigenvalue weighted by molar-refractivity contribution is 6.17. The quantitative estimate of drug-likeness (QED) is 0.204. The van der Waals surface area contributed by atoms with Gasteiger partial charge in [-0.15, -0.1) is 0 Å². The van der Waals surface area contributed by atoms with Crippen LogP contribution in [0.2, 0.25) is 0 Å². The van der Waals surface area contributed by atoms with Gasteiger partial charge >= 0.3 is 0 Å². The molecule has 7 aromatic carbocycles. The van der Waals surface area contributed by atoms with E-state index < -0.39 is 66.5 Å². The third kappa shape index (κ3) is 3.84. The molecule has 0 unspecified atom stereocenters. The van der Waals surface area contributed by atoms with E-state index in [4.69, 9.17) is 24.9 Å². The average Bonchev–Trinajstić information content (AvgIpc) is 3.76. The predicted molar refractivity (Wildman–Crippen MR) is 190 cm³/mol. The van der Waals surface area contributed by atoms with Gasteiger partial charge in [0, 0.05) is 38.4 Å². The summed E-state index contributed by atoms with van der Waals surface area (Å²) in [5, 5.41) is 2.16. The largest absolute Gasteiger partial charge is 0.399 e. The first-order valence-corrected chi connectivity index (χ1v) is 14.2. The number of nitrogens with two attached hydrogens (primary N) is 1. The molecule has 0 aliphatic carbocycles. The average molecular weight is 590 g/mol. The molecule has 45 heavy (non-hydrogen) atoms. The van der Waals surface area contributed by atoms with Crippen LogP contribution >= 0.6 is 0 Å². The zero-order chi connectivity index (χ0) is 42.1. The molecule has 2 N–H and O–H groups in total. The maximum absolute atomic E-state index is 9.12. The number of hydrogen-bond acceptors (Lipinski definition) is 1. The van der Waals surface area contributed by atoms with Gasteiger partial charge in [-0.25, -0.2) is 0 Å². The van der Waals surface area contributed by atoms with Gasteiger partial charge in [-0.3, -0.25) is 0 Å². The minimum Gasteiger partial charge on any atom is -0.399 e. The summed E-state index contributed by atoms with van der Waals surface area (Å²) in [5.41, 5.74) is 8.66. The second-order valence-corrected chi connectivity index (χ2v) is 10.6. The lowest BCUT2D eigenvalue weighted by Gasteiger charge is -2.20. The Labute approximate surface area is 280 Å². The molecule has 0 aliphatic rings. The second kappa shape index (κ2) is 10.0. The molecular formula is C42H29N3. The van der Waals surface area contributed by atoms with Crippen molar-refractivity contribution >= 4 is 49.3 Å². The first-order chi connectivity index (χ1) is 28.1. The molecule has 9 aromatic rings. The van der Waals surface area contributed by atoms with Gasteiger partial charge in [-0.1, -0.05) is 121 Å². The van der Waals surface area contributed by atoms with Crippen LogP contribution in [-0.4, -0.2) is 9.13 Å². The molecule has 212 valence electrons. The van der Waals surface area contributed by atoms with Gasteiger partial charge in [-0.05, 0) is 53.6 Å². The monoisotopic (exact) mass is 589 g/mol. The van der Waals surface area contributed by atoms with Crippen molar-refractivity contribution in [3.05, 3.63) is 163 Å². The fraction of sp³-hybridized carbons (Fsp3) is 0. The summed E-state index contributed by atoms with van der Waals surface area (Å²) in [5.74, 6) is 0. The molecule has 3 heteroatoms. The van der Waals surface area contributed by atoms with Crippen molar-refractivity contribution in [2.75, 3.05) is 5.73 Å². The fourth-order valence-electron chi connectivity index (χ4n) is 6.40. The Morgan fingerprint density at radius 3 is 1.71 bits per heavy atom. The van der Waals surface area contributed by atoms with Crippen LogP contribution < -0.4 is 5.73 Å². The lowest BCUT2D eigenvalue weighted by molar-refractivity contribution is 1.17. The first kappa shape index (κ1) is 15.1. The highest BCUT2D eigenvalue weighted by Gasteiger charge is 2.23. The van der Waals surface area contributed by atoms with E-state index in [2.05, 4.69) is 0 Å². The summed E-state index contributed by atoms with van der Waals surface area (Å²) in [6.45, 7) is 0. The van der Waals surface area contributed by atoms with Crippen LogP contribution in [-0.2, 0) is 0 Å². The smallest absolute Gasteiger partial charge is 0.0645 e. The van der Waals surface area contributed by atoms with E-state index in [9.17, 15) is 0 Å². The van der Waals surface area contributed by atoms with E-state index in [1.807, 2.05) is 30.3 Å². The van der Waals surface area contributed by atoms with Gasteiger partial charge in [-0.2, -0.15) is 0 Å². The Hall–Kier alpha value is -6.06. The number of hydrogen-bond donors (Lipinski definition) is 1. The summed E-state index contributed by atoms with van der Waals surface area (Å²) in [4.78, 5) is 0. The van der Waals surface area contributed by atoms with Crippen LogP contribution in [0.15, 0.2) is 163 Å². The van der Waals surface area contributed by atoms with Gasteiger partial charge in [0.2, 0.25) is 0 Å². The Bertz CT molecular complexity index is 3200. The molecule has 0 atom stereocenters. The maximum atomic E-state index is 9.12. The minimum atomic E-state index is -0.620. The molecule has 2 aromatic heterocycles. The van der Waals surface area contributed by atoms with Gasteiger partial charge < -0.3 is 14.9 Å². The van der Waals surface area contributed by atoms with Crippen molar-refractivity contribution in [3.8, 4) is 33.6 Å². The van der Waals surface area contributed by atoms with Crippen molar-refractivity contribution in [3.63, 3.8) is 0 Å². The molecule has 9 rings (SSSR count). The summed E-state index contributed by atoms with van der Waals surface area (Å²) < 4.78 is 126. The normalized spacial score (nSPS) is 16.0. The van der Waals surface area contributed by atoms with E-state index >= 15 is 0 Å². The number of benzene rings is 7. The number of fused-ring (bicyclic) bond motifs is 6. The number of anilines is 1. The van der Waals surface area contributed by atoms with E-state index in [1.165, 1.54) is 12.1 Å². The van der Waals surface area contributed by atoms with Crippen molar-refractivity contribution in [2.24, 2.45) is 0 Å². The molecule has 0 aliphatic heterocycles. The lowest BCUT2D eigenvalue weighted by Crippen LogP contribution is -2.02. The number of nitrogen functional groups attached to an aromatic ring is 1. The molecule has 0 spiro atoms. The second-order valence-electron chi connectivity index (χ2n) is 10.6. The first-order valence-electron chi connectivity index (χ1n) is 21.2. The van der Waals surface area contributed by atoms with Gasteiger partial charge in [0.1, 0.15) is 0 Å². The third-order valence-corrected chi connectivity index (χ3v) is 8.12. The van der Waals surface area contributed by atoms with Crippen LogP contribution in [0.25, 0.3) is 77.2 Å². The molecule has 0 fully saturated rings. The van der Waals surface area contributed by atoms with E-state index in [0.717, 1.165) is 0 Å². The maximum Gasteiger partial charge on any atom is 0.0645 e. The molecule has 0 amide bonds.